The molecule has 14 heavy (non-hydrogen) atoms. The lowest BCUT2D eigenvalue weighted by Crippen LogP contribution is -2.03. The van der Waals surface area contributed by atoms with Gasteiger partial charge in [0.15, 0.2) is 0 Å². The summed E-state index contributed by atoms with van der Waals surface area (Å²) in [4.78, 5) is 0. The van der Waals surface area contributed by atoms with Crippen LogP contribution in [0.25, 0.3) is 16.2 Å². The zero-order chi connectivity index (χ0) is 9.80. The van der Waals surface area contributed by atoms with Crippen molar-refractivity contribution in [2.24, 2.45) is 0 Å². The van der Waals surface area contributed by atoms with Gasteiger partial charge >= 0.3 is 0 Å². The minimum absolute atomic E-state index is 0.917. The Balaban J connectivity index is 2.36. The van der Waals surface area contributed by atoms with Crippen molar-refractivity contribution in [3.63, 3.8) is 0 Å². The molecule has 72 valence electrons. The van der Waals surface area contributed by atoms with Gasteiger partial charge in [-0.2, -0.15) is 0 Å². The summed E-state index contributed by atoms with van der Waals surface area (Å²) in [6.07, 6.45) is 4.32. The summed E-state index contributed by atoms with van der Waals surface area (Å²) in [5.74, 6) is 0. The second kappa shape index (κ2) is 4.40. The van der Waals surface area contributed by atoms with Crippen LogP contribution < -0.4 is 5.32 Å². The quantitative estimate of drug-likeness (QED) is 0.808. The van der Waals surface area contributed by atoms with Gasteiger partial charge < -0.3 is 5.32 Å². The average molecular weight is 203 g/mol. The number of benzene rings is 1. The molecule has 0 saturated heterocycles. The maximum absolute atomic E-state index is 3.10. The van der Waals surface area contributed by atoms with Crippen LogP contribution in [0.3, 0.4) is 0 Å². The first-order valence-corrected chi connectivity index (χ1v) is 5.57. The molecule has 0 bridgehead atoms. The summed E-state index contributed by atoms with van der Waals surface area (Å²) in [5.41, 5.74) is 1.30. The first-order chi connectivity index (χ1) is 6.92. The number of likely N-dealkylation sites (N-methyl/N-ethyl adjacent to an activating group) is 1. The highest BCUT2D eigenvalue weighted by Gasteiger charge is 1.97. The fourth-order valence-electron chi connectivity index (χ4n) is 1.47. The Labute approximate surface area is 88.1 Å². The lowest BCUT2D eigenvalue weighted by Gasteiger charge is -1.96. The van der Waals surface area contributed by atoms with Crippen LogP contribution in [0.4, 0.5) is 0 Å². The van der Waals surface area contributed by atoms with Crippen molar-refractivity contribution in [1.82, 2.24) is 5.32 Å². The lowest BCUT2D eigenvalue weighted by atomic mass is 10.1. The third-order valence-electron chi connectivity index (χ3n) is 2.15. The SMILES string of the molecule is CNCC=Cc1cccc2sccc12. The zero-order valence-electron chi connectivity index (χ0n) is 8.16. The van der Waals surface area contributed by atoms with Gasteiger partial charge in [0.2, 0.25) is 0 Å². The van der Waals surface area contributed by atoms with Crippen LogP contribution in [0.15, 0.2) is 35.7 Å². The van der Waals surface area contributed by atoms with E-state index in [1.807, 2.05) is 7.05 Å². The van der Waals surface area contributed by atoms with E-state index in [0.717, 1.165) is 6.54 Å². The number of fused-ring (bicyclic) bond motifs is 1. The Hall–Kier alpha value is -1.12. The van der Waals surface area contributed by atoms with E-state index in [-0.39, 0.29) is 0 Å². The first kappa shape index (κ1) is 9.44. The Kier molecular flexibility index (Phi) is 2.96. The summed E-state index contributed by atoms with van der Waals surface area (Å²) < 4.78 is 1.36. The van der Waals surface area contributed by atoms with Crippen LogP contribution in [0.2, 0.25) is 0 Å². The molecule has 0 aliphatic heterocycles. The van der Waals surface area contributed by atoms with Crippen LogP contribution in [0.1, 0.15) is 5.56 Å². The minimum atomic E-state index is 0.917. The predicted molar refractivity (Wildman–Crippen MR) is 64.8 cm³/mol. The van der Waals surface area contributed by atoms with Crippen LogP contribution >= 0.6 is 11.3 Å². The molecule has 0 radical (unpaired) electrons. The molecule has 2 aromatic rings. The number of rotatable bonds is 3. The van der Waals surface area contributed by atoms with Gasteiger partial charge in [-0.1, -0.05) is 24.3 Å². The van der Waals surface area contributed by atoms with Gasteiger partial charge in [-0.25, -0.2) is 0 Å². The monoisotopic (exact) mass is 203 g/mol. The van der Waals surface area contributed by atoms with Gasteiger partial charge in [0.05, 0.1) is 0 Å². The molecule has 1 heterocycles. The molecule has 2 heteroatoms. The second-order valence-corrected chi connectivity index (χ2v) is 4.09. The third-order valence-corrected chi connectivity index (χ3v) is 3.03. The molecule has 0 saturated carbocycles. The summed E-state index contributed by atoms with van der Waals surface area (Å²) in [6.45, 7) is 0.917. The highest BCUT2D eigenvalue weighted by atomic mass is 32.1. The van der Waals surface area contributed by atoms with E-state index in [4.69, 9.17) is 0 Å². The van der Waals surface area contributed by atoms with Gasteiger partial charge in [0, 0.05) is 11.2 Å². The van der Waals surface area contributed by atoms with Crippen molar-refractivity contribution in [3.05, 3.63) is 41.3 Å². The molecular formula is C12H13NS. The topological polar surface area (TPSA) is 12.0 Å². The molecule has 1 N–H and O–H groups in total. The van der Waals surface area contributed by atoms with Gasteiger partial charge in [-0.15, -0.1) is 11.3 Å². The first-order valence-electron chi connectivity index (χ1n) is 4.69. The van der Waals surface area contributed by atoms with Crippen molar-refractivity contribution in [3.8, 4) is 0 Å². The fraction of sp³-hybridized carbons (Fsp3) is 0.167. The molecular weight excluding hydrogens is 190 g/mol. The van der Waals surface area contributed by atoms with Crippen molar-refractivity contribution >= 4 is 27.5 Å². The van der Waals surface area contributed by atoms with Crippen LogP contribution in [0, 0.1) is 0 Å². The molecule has 2 rings (SSSR count). The van der Waals surface area contributed by atoms with E-state index in [9.17, 15) is 0 Å². The Bertz CT molecular complexity index is 442. The Morgan fingerprint density at radius 3 is 3.14 bits per heavy atom. The minimum Gasteiger partial charge on any atom is -0.316 e. The van der Waals surface area contributed by atoms with Gasteiger partial charge in [0.1, 0.15) is 0 Å². The molecule has 0 amide bonds. The second-order valence-electron chi connectivity index (χ2n) is 3.14. The van der Waals surface area contributed by atoms with Gasteiger partial charge in [-0.05, 0) is 35.5 Å². The molecule has 0 atom stereocenters. The maximum Gasteiger partial charge on any atom is 0.0348 e. The summed E-state index contributed by atoms with van der Waals surface area (Å²) in [5, 5.41) is 6.59. The molecule has 0 aliphatic rings. The van der Waals surface area contributed by atoms with Gasteiger partial charge in [0.25, 0.3) is 0 Å². The molecule has 1 nitrogen and oxygen atoms in total. The number of thiophene rings is 1. The molecule has 0 fully saturated rings. The third kappa shape index (κ3) is 1.86. The Morgan fingerprint density at radius 2 is 2.29 bits per heavy atom. The molecule has 1 aromatic heterocycles. The van der Waals surface area contributed by atoms with E-state index in [1.54, 1.807) is 11.3 Å². The summed E-state index contributed by atoms with van der Waals surface area (Å²) in [6, 6.07) is 8.60. The highest BCUT2D eigenvalue weighted by Crippen LogP contribution is 2.24. The van der Waals surface area contributed by atoms with E-state index in [1.165, 1.54) is 15.6 Å². The van der Waals surface area contributed by atoms with E-state index < -0.39 is 0 Å². The average Bonchev–Trinajstić information content (AvgIpc) is 2.67. The van der Waals surface area contributed by atoms with E-state index >= 15 is 0 Å². The molecule has 0 unspecified atom stereocenters. The smallest absolute Gasteiger partial charge is 0.0348 e. The van der Waals surface area contributed by atoms with Gasteiger partial charge in [-0.3, -0.25) is 0 Å². The van der Waals surface area contributed by atoms with Crippen molar-refractivity contribution < 1.29 is 0 Å². The molecule has 0 aliphatic carbocycles. The van der Waals surface area contributed by atoms with Crippen molar-refractivity contribution in [2.75, 3.05) is 13.6 Å². The number of hydrogen-bond donors (Lipinski definition) is 1. The normalized spacial score (nSPS) is 11.5. The van der Waals surface area contributed by atoms with Crippen molar-refractivity contribution in [2.45, 2.75) is 0 Å². The van der Waals surface area contributed by atoms with E-state index in [0.29, 0.717) is 0 Å². The van der Waals surface area contributed by atoms with E-state index in [2.05, 4.69) is 47.1 Å². The summed E-state index contributed by atoms with van der Waals surface area (Å²) >= 11 is 1.79. The molecule has 0 spiro atoms. The maximum atomic E-state index is 3.10. The zero-order valence-corrected chi connectivity index (χ0v) is 8.97. The highest BCUT2D eigenvalue weighted by molar-refractivity contribution is 7.17. The molecule has 1 aromatic carbocycles. The Morgan fingerprint density at radius 1 is 1.36 bits per heavy atom. The van der Waals surface area contributed by atoms with Crippen molar-refractivity contribution in [1.29, 1.82) is 0 Å². The standard InChI is InChI=1S/C12H13NS/c1-13-8-3-5-10-4-2-6-12-11(10)7-9-14-12/h2-7,9,13H,8H2,1H3. The van der Waals surface area contributed by atoms with Crippen LogP contribution in [-0.4, -0.2) is 13.6 Å². The number of nitrogens with one attached hydrogen (secondary N) is 1. The largest absolute Gasteiger partial charge is 0.316 e. The fourth-order valence-corrected chi connectivity index (χ4v) is 2.29. The predicted octanol–water partition coefficient (Wildman–Crippen LogP) is 3.13. The van der Waals surface area contributed by atoms with Crippen LogP contribution in [-0.2, 0) is 0 Å². The van der Waals surface area contributed by atoms with Crippen LogP contribution in [0.5, 0.6) is 0 Å². The summed E-state index contributed by atoms with van der Waals surface area (Å²) in [7, 11) is 1.95. The number of hydrogen-bond acceptors (Lipinski definition) is 2. The lowest BCUT2D eigenvalue weighted by molar-refractivity contribution is 0.922.